The molecule has 2 heterocycles. The molecular formula is C28H30N6O4S. The van der Waals surface area contributed by atoms with Crippen LogP contribution < -0.4 is 19.9 Å². The summed E-state index contributed by atoms with van der Waals surface area (Å²) in [7, 11) is -3.97. The first-order valence-corrected chi connectivity index (χ1v) is 13.9. The van der Waals surface area contributed by atoms with Crippen LogP contribution in [0.3, 0.4) is 0 Å². The molecule has 1 amide bonds. The van der Waals surface area contributed by atoms with Crippen molar-refractivity contribution in [2.45, 2.75) is 39.3 Å². The van der Waals surface area contributed by atoms with Crippen molar-refractivity contribution >= 4 is 21.8 Å². The van der Waals surface area contributed by atoms with E-state index in [2.05, 4.69) is 10.0 Å². The van der Waals surface area contributed by atoms with Crippen LogP contribution in [-0.2, 0) is 16.6 Å². The summed E-state index contributed by atoms with van der Waals surface area (Å²) in [4.78, 5) is 17.8. The Labute approximate surface area is 227 Å². The zero-order valence-corrected chi connectivity index (χ0v) is 22.7. The lowest BCUT2D eigenvalue weighted by Gasteiger charge is -2.20. The Hall–Kier alpha value is -4.24. The molecule has 0 fully saturated rings. The Balaban J connectivity index is 1.52. The summed E-state index contributed by atoms with van der Waals surface area (Å²) in [5.41, 5.74) is 5.07. The van der Waals surface area contributed by atoms with Gasteiger partial charge >= 0.3 is 0 Å². The largest absolute Gasteiger partial charge is 0.490 e. The highest BCUT2D eigenvalue weighted by molar-refractivity contribution is 7.87. The van der Waals surface area contributed by atoms with E-state index in [1.165, 1.54) is 6.07 Å². The predicted octanol–water partition coefficient (Wildman–Crippen LogP) is 3.10. The SMILES string of the molecule is Cc1cccn2cc(-c3ccc(C[C@@H](CNS(N)(=O)=O)NC(=O)c4ccc(OC(C)C)c(C#N)c4)cc3)nc12. The highest BCUT2D eigenvalue weighted by Gasteiger charge is 2.18. The van der Waals surface area contributed by atoms with E-state index in [0.29, 0.717) is 12.2 Å². The first kappa shape index (κ1) is 27.8. The number of nitrogens with two attached hydrogens (primary N) is 1. The van der Waals surface area contributed by atoms with Gasteiger partial charge < -0.3 is 14.5 Å². The molecule has 0 saturated heterocycles. The van der Waals surface area contributed by atoms with Gasteiger partial charge in [-0.15, -0.1) is 0 Å². The van der Waals surface area contributed by atoms with Crippen LogP contribution >= 0.6 is 0 Å². The minimum Gasteiger partial charge on any atom is -0.490 e. The summed E-state index contributed by atoms with van der Waals surface area (Å²) < 4.78 is 33.0. The molecule has 0 aliphatic carbocycles. The number of carbonyl (C=O) groups excluding carboxylic acids is 1. The number of ether oxygens (including phenoxy) is 1. The number of hydrogen-bond acceptors (Lipinski definition) is 6. The fourth-order valence-electron chi connectivity index (χ4n) is 4.16. The van der Waals surface area contributed by atoms with Gasteiger partial charge in [-0.25, -0.2) is 14.8 Å². The normalized spacial score (nSPS) is 12.3. The molecule has 4 rings (SSSR count). The molecule has 0 saturated carbocycles. The Bertz CT molecular complexity index is 1640. The van der Waals surface area contributed by atoms with Crippen LogP contribution in [0.25, 0.3) is 16.9 Å². The number of amides is 1. The quantitative estimate of drug-likeness (QED) is 0.278. The van der Waals surface area contributed by atoms with Gasteiger partial charge in [-0.3, -0.25) is 4.79 Å². The first-order valence-electron chi connectivity index (χ1n) is 12.3. The van der Waals surface area contributed by atoms with E-state index in [0.717, 1.165) is 28.0 Å². The second-order valence-corrected chi connectivity index (χ2v) is 10.9. The number of benzene rings is 2. The predicted molar refractivity (Wildman–Crippen MR) is 148 cm³/mol. The third-order valence-corrected chi connectivity index (χ3v) is 6.57. The molecule has 0 bridgehead atoms. The van der Waals surface area contributed by atoms with Gasteiger partial charge in [0.1, 0.15) is 17.5 Å². The maximum Gasteiger partial charge on any atom is 0.274 e. The van der Waals surface area contributed by atoms with E-state index < -0.39 is 22.2 Å². The lowest BCUT2D eigenvalue weighted by Crippen LogP contribution is -2.46. The van der Waals surface area contributed by atoms with Crippen LogP contribution in [0, 0.1) is 18.3 Å². The maximum absolute atomic E-state index is 13.0. The van der Waals surface area contributed by atoms with Gasteiger partial charge in [0.2, 0.25) is 0 Å². The topological polar surface area (TPSA) is 152 Å². The van der Waals surface area contributed by atoms with Crippen molar-refractivity contribution in [2.75, 3.05) is 6.54 Å². The number of imidazole rings is 1. The Kier molecular flexibility index (Phi) is 8.30. The van der Waals surface area contributed by atoms with E-state index in [1.54, 1.807) is 12.1 Å². The van der Waals surface area contributed by atoms with Crippen molar-refractivity contribution in [2.24, 2.45) is 5.14 Å². The molecule has 4 N–H and O–H groups in total. The van der Waals surface area contributed by atoms with Crippen LogP contribution in [0.2, 0.25) is 0 Å². The molecule has 2 aromatic carbocycles. The summed E-state index contributed by atoms with van der Waals surface area (Å²) in [6, 6.07) is 17.7. The number of nitriles is 1. The summed E-state index contributed by atoms with van der Waals surface area (Å²) in [5, 5.41) is 17.5. The van der Waals surface area contributed by atoms with Crippen LogP contribution in [-0.4, -0.2) is 42.4 Å². The average molecular weight is 547 g/mol. The Morgan fingerprint density at radius 3 is 2.56 bits per heavy atom. The fraction of sp³-hybridized carbons (Fsp3) is 0.250. The number of aromatic nitrogens is 2. The zero-order valence-electron chi connectivity index (χ0n) is 21.9. The molecule has 0 unspecified atom stereocenters. The standard InChI is InChI=1S/C28H30N6O4S/c1-18(2)38-26-11-10-22(14-23(26)15-29)28(35)32-24(16-31-39(30,36)37)13-20-6-8-21(9-7-20)25-17-34-12-4-5-19(3)27(34)33-25/h4-12,14,17-18,24,31H,13,16H2,1-3H3,(H,32,35)(H2,30,36,37)/t24-/m0/s1. The summed E-state index contributed by atoms with van der Waals surface area (Å²) in [6.45, 7) is 5.58. The molecule has 0 aliphatic heterocycles. The average Bonchev–Trinajstić information content (AvgIpc) is 3.33. The molecule has 2 aromatic heterocycles. The van der Waals surface area contributed by atoms with Crippen LogP contribution in [0.15, 0.2) is 67.0 Å². The van der Waals surface area contributed by atoms with E-state index in [1.807, 2.05) is 80.0 Å². The minimum atomic E-state index is -3.97. The highest BCUT2D eigenvalue weighted by atomic mass is 32.2. The van der Waals surface area contributed by atoms with Crippen LogP contribution in [0.4, 0.5) is 0 Å². The summed E-state index contributed by atoms with van der Waals surface area (Å²) >= 11 is 0. The van der Waals surface area contributed by atoms with E-state index >= 15 is 0 Å². The number of aryl methyl sites for hydroxylation is 1. The fourth-order valence-corrected chi connectivity index (χ4v) is 4.60. The highest BCUT2D eigenvalue weighted by Crippen LogP contribution is 2.23. The number of carbonyl (C=O) groups is 1. The lowest BCUT2D eigenvalue weighted by atomic mass is 10.0. The van der Waals surface area contributed by atoms with Crippen molar-refractivity contribution < 1.29 is 17.9 Å². The van der Waals surface area contributed by atoms with Crippen molar-refractivity contribution in [3.63, 3.8) is 0 Å². The van der Waals surface area contributed by atoms with Crippen LogP contribution in [0.1, 0.15) is 40.9 Å². The monoisotopic (exact) mass is 546 g/mol. The second kappa shape index (κ2) is 11.7. The van der Waals surface area contributed by atoms with E-state index in [9.17, 15) is 18.5 Å². The third kappa shape index (κ3) is 7.20. The number of hydrogen-bond donors (Lipinski definition) is 3. The van der Waals surface area contributed by atoms with Crippen LogP contribution in [0.5, 0.6) is 5.75 Å². The smallest absolute Gasteiger partial charge is 0.274 e. The van der Waals surface area contributed by atoms with Gasteiger partial charge in [0, 0.05) is 36.1 Å². The molecule has 10 nitrogen and oxygen atoms in total. The maximum atomic E-state index is 13.0. The number of nitrogens with zero attached hydrogens (tertiary/aromatic N) is 3. The van der Waals surface area contributed by atoms with Gasteiger partial charge in [-0.2, -0.15) is 13.7 Å². The molecule has 0 aliphatic rings. The van der Waals surface area contributed by atoms with Crippen molar-refractivity contribution in [3.8, 4) is 23.1 Å². The van der Waals surface area contributed by atoms with Gasteiger partial charge in [0.25, 0.3) is 16.1 Å². The summed E-state index contributed by atoms with van der Waals surface area (Å²) in [5.74, 6) is -0.0714. The summed E-state index contributed by atoms with van der Waals surface area (Å²) in [6.07, 6.45) is 4.11. The Morgan fingerprint density at radius 2 is 1.92 bits per heavy atom. The molecule has 11 heteroatoms. The molecule has 202 valence electrons. The van der Waals surface area contributed by atoms with E-state index in [4.69, 9.17) is 14.9 Å². The van der Waals surface area contributed by atoms with Gasteiger partial charge in [-0.1, -0.05) is 30.3 Å². The van der Waals surface area contributed by atoms with Crippen molar-refractivity contribution in [1.29, 1.82) is 5.26 Å². The molecule has 0 spiro atoms. The van der Waals surface area contributed by atoms with Gasteiger partial charge in [-0.05, 0) is 62.6 Å². The first-order chi connectivity index (χ1) is 18.5. The Morgan fingerprint density at radius 1 is 1.18 bits per heavy atom. The molecule has 0 radical (unpaired) electrons. The number of rotatable bonds is 10. The molecule has 4 aromatic rings. The third-order valence-electron chi connectivity index (χ3n) is 6.00. The van der Waals surface area contributed by atoms with Gasteiger partial charge in [0.05, 0.1) is 17.4 Å². The van der Waals surface area contributed by atoms with Gasteiger partial charge in [0.15, 0.2) is 0 Å². The lowest BCUT2D eigenvalue weighted by molar-refractivity contribution is 0.0937. The van der Waals surface area contributed by atoms with Crippen molar-refractivity contribution in [1.82, 2.24) is 19.4 Å². The van der Waals surface area contributed by atoms with Crippen molar-refractivity contribution in [3.05, 3.63) is 89.2 Å². The molecular weight excluding hydrogens is 516 g/mol. The molecule has 1 atom stereocenters. The number of nitrogens with one attached hydrogen (secondary N) is 2. The zero-order chi connectivity index (χ0) is 28.2. The molecule has 39 heavy (non-hydrogen) atoms. The minimum absolute atomic E-state index is 0.113. The number of fused-ring (bicyclic) bond motifs is 1. The number of pyridine rings is 1. The van der Waals surface area contributed by atoms with E-state index in [-0.39, 0.29) is 23.8 Å². The second-order valence-electron chi connectivity index (χ2n) is 9.50.